The van der Waals surface area contributed by atoms with Crippen molar-refractivity contribution in [2.75, 3.05) is 75.9 Å². The highest BCUT2D eigenvalue weighted by molar-refractivity contribution is 6.36. The lowest BCUT2D eigenvalue weighted by molar-refractivity contribution is -0.137. The molecule has 3 aromatic carbocycles. The van der Waals surface area contributed by atoms with Crippen molar-refractivity contribution >= 4 is 46.1 Å². The third-order valence-corrected chi connectivity index (χ3v) is 12.6. The predicted molar refractivity (Wildman–Crippen MR) is 261 cm³/mol. The predicted octanol–water partition coefficient (Wildman–Crippen LogP) is 10.4. The van der Waals surface area contributed by atoms with Crippen molar-refractivity contribution in [2.45, 2.75) is 71.6 Å². The van der Waals surface area contributed by atoms with Crippen LogP contribution < -0.4 is 34.1 Å². The van der Waals surface area contributed by atoms with Crippen molar-refractivity contribution in [2.24, 2.45) is 0 Å². The van der Waals surface area contributed by atoms with E-state index < -0.39 is 57.1 Å². The van der Waals surface area contributed by atoms with Gasteiger partial charge in [-0.3, -0.25) is 10.2 Å². The maximum atomic E-state index is 18.1. The second-order valence-electron chi connectivity index (χ2n) is 18.3. The Hall–Kier alpha value is -6.70. The second-order valence-corrected chi connectivity index (χ2v) is 18.6. The SMILES string of the molecule is COc1ccc(CN(Cc2ccc(OC)cc2)c2cc(C)c(C(F)(F)F)c(-c3c(Cl)c4c5c(nc(OCC6COCCN6C)nc5c3F)N([C@H](C)c3cccnc3NC(=O)OC(C)(C)C)CCO4)n2)cc1. The van der Waals surface area contributed by atoms with Crippen LogP contribution >= 0.6 is 11.6 Å². The van der Waals surface area contributed by atoms with E-state index in [0.717, 1.165) is 11.1 Å². The van der Waals surface area contributed by atoms with E-state index >= 15 is 17.6 Å². The lowest BCUT2D eigenvalue weighted by atomic mass is 9.98. The Kier molecular flexibility index (Phi) is 15.0. The summed E-state index contributed by atoms with van der Waals surface area (Å²) < 4.78 is 99.3. The Morgan fingerprint density at radius 1 is 0.958 bits per heavy atom. The number of pyridine rings is 2. The van der Waals surface area contributed by atoms with Gasteiger partial charge in [0.1, 0.15) is 53.3 Å². The van der Waals surface area contributed by atoms with Crippen LogP contribution in [0.25, 0.3) is 22.2 Å². The normalized spacial score (nSPS) is 15.7. The average molecular weight is 1000 g/mol. The molecule has 6 aromatic rings. The summed E-state index contributed by atoms with van der Waals surface area (Å²) in [5, 5.41) is 2.25. The molecule has 0 radical (unpaired) electrons. The van der Waals surface area contributed by atoms with E-state index in [-0.39, 0.29) is 79.1 Å². The highest BCUT2D eigenvalue weighted by Gasteiger charge is 2.41. The summed E-state index contributed by atoms with van der Waals surface area (Å²) in [5.41, 5.74) is -1.96. The van der Waals surface area contributed by atoms with Crippen LogP contribution in [0.3, 0.4) is 0 Å². The van der Waals surface area contributed by atoms with Gasteiger partial charge in [0.2, 0.25) is 0 Å². The van der Waals surface area contributed by atoms with Crippen LogP contribution in [0.1, 0.15) is 61.6 Å². The number of carbonyl (C=O) groups excluding carboxylic acids is 1. The number of anilines is 3. The number of hydrogen-bond acceptors (Lipinski definition) is 14. The van der Waals surface area contributed by atoms with E-state index in [1.807, 2.05) is 43.1 Å². The molecule has 2 aliphatic rings. The molecule has 8 rings (SSSR count). The largest absolute Gasteiger partial charge is 0.497 e. The summed E-state index contributed by atoms with van der Waals surface area (Å²) >= 11 is 7.22. The zero-order chi connectivity index (χ0) is 50.8. The third kappa shape index (κ3) is 11.3. The minimum atomic E-state index is -5.03. The molecule has 1 unspecified atom stereocenters. The zero-order valence-corrected chi connectivity index (χ0v) is 41.4. The quantitative estimate of drug-likeness (QED) is 0.103. The van der Waals surface area contributed by atoms with Gasteiger partial charge in [0, 0.05) is 31.4 Å². The first kappa shape index (κ1) is 50.7. The first-order chi connectivity index (χ1) is 33.8. The van der Waals surface area contributed by atoms with Crippen LogP contribution in [-0.2, 0) is 28.7 Å². The molecule has 2 atom stereocenters. The van der Waals surface area contributed by atoms with Crippen molar-refractivity contribution < 1.29 is 50.8 Å². The van der Waals surface area contributed by atoms with Gasteiger partial charge in [-0.05, 0) is 94.8 Å². The van der Waals surface area contributed by atoms with E-state index in [1.165, 1.54) is 19.2 Å². The van der Waals surface area contributed by atoms with Crippen molar-refractivity contribution in [1.82, 2.24) is 24.8 Å². The minimum absolute atomic E-state index is 0.0151. The summed E-state index contributed by atoms with van der Waals surface area (Å²) in [7, 11) is 5.02. The standard InChI is InChI=1S/C51H55ClF4N8O7/c1-29-24-37(63(25-31-11-15-34(66-7)16-12-31)26-32-13-17-35(67-8)18-14-32)58-43(40(29)51(54,55)56)38-41(52)45-39-44(42(38)53)59-48(70-28-33-27-68-22-20-62(33)6)61-47(39)64(21-23-69-45)30(2)36-10-9-19-57-46(36)60-49(65)71-50(3,4)5/h9-19,24,30,33H,20-23,25-28H2,1-8H3,(H,57,60,65)/t30-,33?/m1/s1. The van der Waals surface area contributed by atoms with Gasteiger partial charge in [-0.15, -0.1) is 0 Å². The molecule has 20 heteroatoms. The highest BCUT2D eigenvalue weighted by atomic mass is 35.5. The number of aromatic nitrogens is 4. The van der Waals surface area contributed by atoms with Crippen LogP contribution in [0.2, 0.25) is 5.02 Å². The molecule has 71 heavy (non-hydrogen) atoms. The number of amides is 1. The van der Waals surface area contributed by atoms with Crippen molar-refractivity contribution in [1.29, 1.82) is 0 Å². The molecule has 0 spiro atoms. The van der Waals surface area contributed by atoms with Gasteiger partial charge in [0.15, 0.2) is 11.6 Å². The van der Waals surface area contributed by atoms with Crippen LogP contribution in [0.4, 0.5) is 39.8 Å². The van der Waals surface area contributed by atoms with Crippen molar-refractivity contribution in [3.63, 3.8) is 0 Å². The molecule has 1 fully saturated rings. The Morgan fingerprint density at radius 2 is 1.62 bits per heavy atom. The van der Waals surface area contributed by atoms with E-state index in [1.54, 1.807) is 81.2 Å². The topological polar surface area (TPSA) is 146 Å². The molecule has 376 valence electrons. The summed E-state index contributed by atoms with van der Waals surface area (Å²) in [4.78, 5) is 37.2. The number of benzene rings is 3. The number of alkyl halides is 3. The molecule has 2 aliphatic heterocycles. The number of nitrogens with zero attached hydrogens (tertiary/aromatic N) is 7. The van der Waals surface area contributed by atoms with Crippen LogP contribution in [0.5, 0.6) is 23.3 Å². The molecule has 5 heterocycles. The van der Waals surface area contributed by atoms with E-state index in [0.29, 0.717) is 36.8 Å². The minimum Gasteiger partial charge on any atom is -0.497 e. The van der Waals surface area contributed by atoms with Crippen molar-refractivity contribution in [3.8, 4) is 34.5 Å². The molecule has 1 amide bonds. The summed E-state index contributed by atoms with van der Waals surface area (Å²) in [6, 6.07) is 18.1. The highest BCUT2D eigenvalue weighted by Crippen LogP contribution is 2.51. The van der Waals surface area contributed by atoms with Gasteiger partial charge in [0.25, 0.3) is 0 Å². The Balaban J connectivity index is 1.31. The van der Waals surface area contributed by atoms with E-state index in [2.05, 4.69) is 20.3 Å². The second kappa shape index (κ2) is 20.9. The van der Waals surface area contributed by atoms with Crippen LogP contribution in [0.15, 0.2) is 72.9 Å². The molecule has 1 saturated heterocycles. The molecule has 1 N–H and O–H groups in total. The number of likely N-dealkylation sites (N-methyl/N-ethyl adjacent to an activating group) is 1. The number of carbonyl (C=O) groups is 1. The molecule has 0 aliphatic carbocycles. The molecule has 0 saturated carbocycles. The van der Waals surface area contributed by atoms with Crippen LogP contribution in [-0.4, -0.2) is 103 Å². The Morgan fingerprint density at radius 3 is 2.23 bits per heavy atom. The summed E-state index contributed by atoms with van der Waals surface area (Å²) in [6.07, 6.45) is -4.25. The number of nitrogens with one attached hydrogen (secondary N) is 1. The third-order valence-electron chi connectivity index (χ3n) is 12.2. The lowest BCUT2D eigenvalue weighted by Crippen LogP contribution is -2.46. The lowest BCUT2D eigenvalue weighted by Gasteiger charge is -2.32. The van der Waals surface area contributed by atoms with E-state index in [4.69, 9.17) is 45.0 Å². The monoisotopic (exact) mass is 1000 g/mol. The number of ether oxygens (including phenoxy) is 6. The molecule has 0 bridgehead atoms. The Bertz CT molecular complexity index is 2840. The van der Waals surface area contributed by atoms with Gasteiger partial charge < -0.3 is 38.2 Å². The van der Waals surface area contributed by atoms with Crippen molar-refractivity contribution in [3.05, 3.63) is 112 Å². The zero-order valence-electron chi connectivity index (χ0n) is 40.6. The van der Waals surface area contributed by atoms with Gasteiger partial charge >= 0.3 is 18.3 Å². The average Bonchev–Trinajstić information content (AvgIpc) is 3.52. The molecular formula is C51H55ClF4N8O7. The van der Waals surface area contributed by atoms with Gasteiger partial charge in [-0.2, -0.15) is 23.1 Å². The number of halogens is 5. The first-order valence-corrected chi connectivity index (χ1v) is 23.3. The summed E-state index contributed by atoms with van der Waals surface area (Å²) in [5.74, 6) is 0.285. The number of hydrogen-bond donors (Lipinski definition) is 1. The van der Waals surface area contributed by atoms with Gasteiger partial charge in [-0.1, -0.05) is 41.9 Å². The first-order valence-electron chi connectivity index (χ1n) is 22.9. The van der Waals surface area contributed by atoms with Crippen LogP contribution in [0, 0.1) is 12.7 Å². The molecule has 15 nitrogen and oxygen atoms in total. The fourth-order valence-electron chi connectivity index (χ4n) is 8.57. The summed E-state index contributed by atoms with van der Waals surface area (Å²) in [6.45, 7) is 10.3. The van der Waals surface area contributed by atoms with Gasteiger partial charge in [0.05, 0.1) is 73.3 Å². The maximum Gasteiger partial charge on any atom is 0.418 e. The number of morpholine rings is 1. The van der Waals surface area contributed by atoms with E-state index in [9.17, 15) is 4.79 Å². The number of rotatable bonds is 14. The molecular weight excluding hydrogens is 948 g/mol. The number of methoxy groups -OCH3 is 2. The smallest absolute Gasteiger partial charge is 0.418 e. The van der Waals surface area contributed by atoms with Gasteiger partial charge in [-0.25, -0.2) is 19.2 Å². The fraction of sp³-hybridized carbons (Fsp3) is 0.392. The Labute approximate surface area is 414 Å². The number of aryl methyl sites for hydroxylation is 1. The molecule has 3 aromatic heterocycles. The fourth-order valence-corrected chi connectivity index (χ4v) is 8.89. The maximum absolute atomic E-state index is 18.1.